The van der Waals surface area contributed by atoms with Gasteiger partial charge in [0.25, 0.3) is 0 Å². The van der Waals surface area contributed by atoms with E-state index in [1.165, 1.54) is 11.3 Å². The Balaban J connectivity index is 2.25. The van der Waals surface area contributed by atoms with Gasteiger partial charge in [0, 0.05) is 4.47 Å². The van der Waals surface area contributed by atoms with Crippen LogP contribution in [0.3, 0.4) is 0 Å². The zero-order valence-corrected chi connectivity index (χ0v) is 14.8. The molecule has 2 rings (SSSR count). The molecule has 1 N–H and O–H groups in total. The lowest BCUT2D eigenvalue weighted by atomic mass is 10.1. The van der Waals surface area contributed by atoms with Crippen molar-refractivity contribution < 1.29 is 4.79 Å². The van der Waals surface area contributed by atoms with Gasteiger partial charge in [-0.1, -0.05) is 57.0 Å². The van der Waals surface area contributed by atoms with Crippen molar-refractivity contribution in [1.29, 1.82) is 0 Å². The Labute approximate surface area is 133 Å². The number of carbonyl (C=O) groups is 1. The molecule has 1 atom stereocenters. The molecule has 0 radical (unpaired) electrons. The molecule has 1 heterocycles. The number of hydrogen-bond donors (Lipinski definition) is 1. The highest BCUT2D eigenvalue weighted by Crippen LogP contribution is 2.31. The molecule has 19 heavy (non-hydrogen) atoms. The summed E-state index contributed by atoms with van der Waals surface area (Å²) in [6.07, 6.45) is 0. The molecule has 0 fully saturated rings. The Bertz CT molecular complexity index is 585. The van der Waals surface area contributed by atoms with E-state index in [-0.39, 0.29) is 16.7 Å². The van der Waals surface area contributed by atoms with Crippen LogP contribution in [0.25, 0.3) is 10.2 Å². The van der Waals surface area contributed by atoms with Crippen LogP contribution in [0.4, 0.5) is 5.13 Å². The first-order valence-corrected chi connectivity index (χ1v) is 8.42. The molecular weight excluding hydrogens is 392 g/mol. The van der Waals surface area contributed by atoms with Crippen LogP contribution in [0, 0.1) is 12.8 Å². The number of aryl methyl sites for hydroxylation is 1. The lowest BCUT2D eigenvalue weighted by Crippen LogP contribution is -2.26. The van der Waals surface area contributed by atoms with Crippen molar-refractivity contribution in [3.8, 4) is 0 Å². The summed E-state index contributed by atoms with van der Waals surface area (Å²) in [4.78, 5) is 16.2. The van der Waals surface area contributed by atoms with Crippen molar-refractivity contribution >= 4 is 64.5 Å². The molecule has 0 aliphatic heterocycles. The second-order valence-corrected chi connectivity index (χ2v) is 7.59. The fraction of sp³-hybridized carbons (Fsp3) is 0.385. The Kier molecular flexibility index (Phi) is 4.63. The van der Waals surface area contributed by atoms with Gasteiger partial charge in [-0.2, -0.15) is 0 Å². The number of alkyl halides is 1. The maximum absolute atomic E-state index is 12.0. The van der Waals surface area contributed by atoms with Gasteiger partial charge in [0.2, 0.25) is 5.91 Å². The van der Waals surface area contributed by atoms with E-state index in [2.05, 4.69) is 48.2 Å². The van der Waals surface area contributed by atoms with E-state index in [4.69, 9.17) is 0 Å². The molecule has 0 aliphatic carbocycles. The summed E-state index contributed by atoms with van der Waals surface area (Å²) in [5, 5.41) is 3.50. The number of hydrogen-bond acceptors (Lipinski definition) is 3. The number of aromatic nitrogens is 1. The summed E-state index contributed by atoms with van der Waals surface area (Å²) < 4.78 is 2.11. The van der Waals surface area contributed by atoms with E-state index >= 15 is 0 Å². The number of thiazole rings is 1. The van der Waals surface area contributed by atoms with Crippen LogP contribution < -0.4 is 5.32 Å². The molecular formula is C13H14Br2N2OS. The van der Waals surface area contributed by atoms with Crippen molar-refractivity contribution in [3.63, 3.8) is 0 Å². The number of benzene rings is 1. The van der Waals surface area contributed by atoms with E-state index < -0.39 is 0 Å². The Hall–Kier alpha value is -0.460. The van der Waals surface area contributed by atoms with Gasteiger partial charge < -0.3 is 5.32 Å². The number of fused-ring (bicyclic) bond motifs is 1. The number of nitrogens with one attached hydrogen (secondary N) is 1. The molecule has 102 valence electrons. The smallest absolute Gasteiger partial charge is 0.240 e. The molecule has 3 nitrogen and oxygen atoms in total. The fourth-order valence-corrected chi connectivity index (χ4v) is 2.98. The van der Waals surface area contributed by atoms with Crippen LogP contribution in [0.5, 0.6) is 0 Å². The third kappa shape index (κ3) is 3.35. The van der Waals surface area contributed by atoms with Gasteiger partial charge in [0.15, 0.2) is 5.13 Å². The zero-order valence-electron chi connectivity index (χ0n) is 10.8. The van der Waals surface area contributed by atoms with E-state index in [9.17, 15) is 4.79 Å². The van der Waals surface area contributed by atoms with E-state index in [1.54, 1.807) is 0 Å². The van der Waals surface area contributed by atoms with Crippen molar-refractivity contribution in [2.24, 2.45) is 5.92 Å². The van der Waals surface area contributed by atoms with Crippen LogP contribution in [-0.4, -0.2) is 15.7 Å². The molecule has 0 aliphatic rings. The normalized spacial score (nSPS) is 12.9. The molecule has 1 aromatic heterocycles. The first-order chi connectivity index (χ1) is 8.88. The largest absolute Gasteiger partial charge is 0.301 e. The molecule has 0 unspecified atom stereocenters. The predicted molar refractivity (Wildman–Crippen MR) is 88.2 cm³/mol. The third-order valence-corrected chi connectivity index (χ3v) is 6.00. The number of anilines is 1. The zero-order chi connectivity index (χ0) is 14.2. The number of nitrogens with zero attached hydrogens (tertiary/aromatic N) is 1. The van der Waals surface area contributed by atoms with Gasteiger partial charge in [-0.05, 0) is 30.5 Å². The van der Waals surface area contributed by atoms with Crippen LogP contribution in [0.1, 0.15) is 19.4 Å². The Morgan fingerprint density at radius 1 is 1.42 bits per heavy atom. The number of halogens is 2. The monoisotopic (exact) mass is 404 g/mol. The second-order valence-electron chi connectivity index (χ2n) is 4.72. The summed E-state index contributed by atoms with van der Waals surface area (Å²) in [5.74, 6) is 0.190. The second kappa shape index (κ2) is 5.89. The van der Waals surface area contributed by atoms with Gasteiger partial charge >= 0.3 is 0 Å². The molecule has 0 saturated heterocycles. The SMILES string of the molecule is Cc1cc2sc(NC(=O)[C@@H](Br)C(C)C)nc2cc1Br. The summed E-state index contributed by atoms with van der Waals surface area (Å²) in [6.45, 7) is 6.03. The van der Waals surface area contributed by atoms with Crippen LogP contribution in [-0.2, 0) is 4.79 Å². The standard InChI is InChI=1S/C13H14Br2N2OS/c1-6(2)11(15)12(18)17-13-16-9-5-8(14)7(3)4-10(9)19-13/h4-6,11H,1-3H3,(H,16,17,18)/t11-/m0/s1. The molecule has 6 heteroatoms. The highest BCUT2D eigenvalue weighted by Gasteiger charge is 2.19. The quantitative estimate of drug-likeness (QED) is 0.750. The molecule has 0 spiro atoms. The highest BCUT2D eigenvalue weighted by atomic mass is 79.9. The van der Waals surface area contributed by atoms with Crippen LogP contribution in [0.15, 0.2) is 16.6 Å². The van der Waals surface area contributed by atoms with Crippen LogP contribution in [0.2, 0.25) is 0 Å². The van der Waals surface area contributed by atoms with Gasteiger partial charge in [-0.25, -0.2) is 4.98 Å². The Morgan fingerprint density at radius 3 is 2.74 bits per heavy atom. The van der Waals surface area contributed by atoms with Gasteiger partial charge in [0.05, 0.1) is 15.0 Å². The topological polar surface area (TPSA) is 42.0 Å². The van der Waals surface area contributed by atoms with Crippen LogP contribution >= 0.6 is 43.2 Å². The summed E-state index contributed by atoms with van der Waals surface area (Å²) in [6, 6.07) is 4.05. The minimum absolute atomic E-state index is 0.0511. The first-order valence-electron chi connectivity index (χ1n) is 5.90. The van der Waals surface area contributed by atoms with Crippen molar-refractivity contribution in [3.05, 3.63) is 22.2 Å². The Morgan fingerprint density at radius 2 is 2.11 bits per heavy atom. The van der Waals surface area contributed by atoms with E-state index in [0.717, 1.165) is 20.3 Å². The number of amides is 1. The lowest BCUT2D eigenvalue weighted by molar-refractivity contribution is -0.116. The van der Waals surface area contributed by atoms with Crippen molar-refractivity contribution in [2.75, 3.05) is 5.32 Å². The predicted octanol–water partition coefficient (Wildman–Crippen LogP) is 4.73. The van der Waals surface area contributed by atoms with Crippen molar-refractivity contribution in [2.45, 2.75) is 25.6 Å². The molecule has 0 saturated carbocycles. The summed E-state index contributed by atoms with van der Waals surface area (Å²) in [5.41, 5.74) is 2.06. The first kappa shape index (κ1) is 14.9. The third-order valence-electron chi connectivity index (χ3n) is 2.73. The van der Waals surface area contributed by atoms with E-state index in [0.29, 0.717) is 5.13 Å². The summed E-state index contributed by atoms with van der Waals surface area (Å²) in [7, 11) is 0. The summed E-state index contributed by atoms with van der Waals surface area (Å²) >= 11 is 8.37. The average molecular weight is 406 g/mol. The molecule has 1 amide bonds. The van der Waals surface area contributed by atoms with Gasteiger partial charge in [-0.3, -0.25) is 4.79 Å². The fourth-order valence-electron chi connectivity index (χ4n) is 1.58. The average Bonchev–Trinajstić information content (AvgIpc) is 2.69. The number of rotatable bonds is 3. The van der Waals surface area contributed by atoms with Crippen molar-refractivity contribution in [1.82, 2.24) is 4.98 Å². The highest BCUT2D eigenvalue weighted by molar-refractivity contribution is 9.10. The minimum atomic E-state index is -0.201. The minimum Gasteiger partial charge on any atom is -0.301 e. The van der Waals surface area contributed by atoms with E-state index in [1.807, 2.05) is 26.8 Å². The number of carbonyl (C=O) groups excluding carboxylic acids is 1. The maximum atomic E-state index is 12.0. The lowest BCUT2D eigenvalue weighted by Gasteiger charge is -2.11. The molecule has 0 bridgehead atoms. The van der Waals surface area contributed by atoms with Gasteiger partial charge in [0.1, 0.15) is 0 Å². The van der Waals surface area contributed by atoms with Gasteiger partial charge in [-0.15, -0.1) is 0 Å². The molecule has 2 aromatic rings. The molecule has 1 aromatic carbocycles. The maximum Gasteiger partial charge on any atom is 0.240 e.